The molecule has 1 saturated heterocycles. The number of carbonyl (C=O) groups excluding carboxylic acids is 6. The largest absolute Gasteiger partial charge is 0.481 e. The number of likely N-dealkylation sites (tertiary alicyclic amines) is 1. The summed E-state index contributed by atoms with van der Waals surface area (Å²) in [5.41, 5.74) is -0.288. The molecule has 54 heavy (non-hydrogen) atoms. The number of benzene rings is 1. The van der Waals surface area contributed by atoms with Crippen molar-refractivity contribution in [1.82, 2.24) is 31.1 Å². The van der Waals surface area contributed by atoms with Crippen molar-refractivity contribution >= 4 is 59.1 Å². The Morgan fingerprint density at radius 2 is 1.59 bits per heavy atom. The van der Waals surface area contributed by atoms with Crippen LogP contribution >= 0.6 is 11.8 Å². The zero-order valence-electron chi connectivity index (χ0n) is 32.2. The molecule has 0 saturated carbocycles. The Labute approximate surface area is 320 Å². The number of thioether (sulfide) groups is 1. The third-order valence-electron chi connectivity index (χ3n) is 9.07. The summed E-state index contributed by atoms with van der Waals surface area (Å²) in [6, 6.07) is 6.44. The Balaban J connectivity index is 2.04. The quantitative estimate of drug-likeness (QED) is 0.0802. The zero-order valence-corrected chi connectivity index (χ0v) is 33.0. The van der Waals surface area contributed by atoms with Gasteiger partial charge in [0.2, 0.25) is 35.4 Å². The minimum absolute atomic E-state index is 0.0469. The number of carboxylic acids is 2. The van der Waals surface area contributed by atoms with Crippen molar-refractivity contribution < 1.29 is 48.6 Å². The van der Waals surface area contributed by atoms with Gasteiger partial charge in [0.25, 0.3) is 0 Å². The molecule has 1 aliphatic rings. The number of nitrogens with zero attached hydrogens (tertiary/aromatic N) is 2. The van der Waals surface area contributed by atoms with E-state index < -0.39 is 82.1 Å². The van der Waals surface area contributed by atoms with Crippen molar-refractivity contribution in [2.75, 3.05) is 39.5 Å². The highest BCUT2D eigenvalue weighted by molar-refractivity contribution is 8.00. The van der Waals surface area contributed by atoms with Gasteiger partial charge in [-0.25, -0.2) is 0 Å². The van der Waals surface area contributed by atoms with Gasteiger partial charge in [0.05, 0.1) is 24.1 Å². The van der Waals surface area contributed by atoms with Crippen LogP contribution in [0.5, 0.6) is 0 Å². The molecule has 16 nitrogen and oxygen atoms in total. The van der Waals surface area contributed by atoms with E-state index in [0.717, 1.165) is 22.2 Å². The zero-order chi connectivity index (χ0) is 41.0. The molecule has 1 aromatic carbocycles. The number of hydrogen-bond acceptors (Lipinski definition) is 10. The van der Waals surface area contributed by atoms with Crippen LogP contribution in [0.15, 0.2) is 42.0 Å². The standard InChI is InChI=1S/C37H54N6O10S/c1-22(14-17-42(8)35(53)30(36(2,3)4)41-33(51)29(38-7)37(5,6)23-12-10-9-11-13-23)31(49)40-24(20-28(47)48)32(50)39-16-18-43-26(44)21-25(34(43)52)54-19-15-27(45)46/h9-14,24-25,29-30,38H,15-21H2,1-8H3,(H,39,50)(H,40,49)(H,41,51)(H,45,46)(H,47,48)/b22-14+/t24-,25?,29+,30?/m0/s1. The number of amides is 6. The summed E-state index contributed by atoms with van der Waals surface area (Å²) in [6.45, 7) is 10.3. The van der Waals surface area contributed by atoms with E-state index in [1.807, 2.05) is 65.0 Å². The highest BCUT2D eigenvalue weighted by Gasteiger charge is 2.41. The van der Waals surface area contributed by atoms with E-state index in [1.165, 1.54) is 24.9 Å². The molecule has 4 atom stereocenters. The maximum absolute atomic E-state index is 13.7. The Morgan fingerprint density at radius 1 is 0.963 bits per heavy atom. The first-order valence-corrected chi connectivity index (χ1v) is 18.6. The molecule has 1 fully saturated rings. The minimum Gasteiger partial charge on any atom is -0.481 e. The van der Waals surface area contributed by atoms with Gasteiger partial charge in [0.1, 0.15) is 12.1 Å². The second-order valence-electron chi connectivity index (χ2n) is 14.7. The van der Waals surface area contributed by atoms with Crippen LogP contribution in [-0.2, 0) is 43.8 Å². The SMILES string of the molecule is CN[C@H](C(=O)NC(C(=O)N(C)C/C=C(\C)C(=O)N[C@@H](CC(=O)O)C(=O)NCCN1C(=O)CC(SCCC(=O)O)C1=O)C(C)(C)C)C(C)(C)c1ccccc1. The molecule has 0 bridgehead atoms. The number of nitrogens with one attached hydrogen (secondary N) is 4. The van der Waals surface area contributed by atoms with Crippen LogP contribution in [0.2, 0.25) is 0 Å². The highest BCUT2D eigenvalue weighted by Crippen LogP contribution is 2.29. The van der Waals surface area contributed by atoms with Crippen LogP contribution in [0.1, 0.15) is 66.4 Å². The summed E-state index contributed by atoms with van der Waals surface area (Å²) >= 11 is 1.06. The summed E-state index contributed by atoms with van der Waals surface area (Å²) in [5.74, 6) is -5.60. The summed E-state index contributed by atoms with van der Waals surface area (Å²) < 4.78 is 0. The van der Waals surface area contributed by atoms with Crippen LogP contribution in [0.25, 0.3) is 0 Å². The number of hydrogen-bond donors (Lipinski definition) is 6. The third kappa shape index (κ3) is 13.0. The Hall–Kier alpha value is -4.77. The fourth-order valence-corrected chi connectivity index (χ4v) is 6.89. The van der Waals surface area contributed by atoms with E-state index >= 15 is 0 Å². The number of aliphatic carboxylic acids is 2. The van der Waals surface area contributed by atoms with Gasteiger partial charge in [-0.15, -0.1) is 11.8 Å². The van der Waals surface area contributed by atoms with Crippen molar-refractivity contribution in [2.24, 2.45) is 5.41 Å². The second-order valence-corrected chi connectivity index (χ2v) is 16.0. The van der Waals surface area contributed by atoms with E-state index in [-0.39, 0.29) is 49.7 Å². The van der Waals surface area contributed by atoms with Crippen molar-refractivity contribution in [2.45, 2.75) is 89.6 Å². The molecular formula is C37H54N6O10S. The van der Waals surface area contributed by atoms with Crippen LogP contribution in [0, 0.1) is 5.41 Å². The molecule has 298 valence electrons. The first-order valence-electron chi connectivity index (χ1n) is 17.5. The molecule has 1 aromatic rings. The van der Waals surface area contributed by atoms with E-state index in [1.54, 1.807) is 7.05 Å². The fourth-order valence-electron chi connectivity index (χ4n) is 5.78. The van der Waals surface area contributed by atoms with E-state index in [4.69, 9.17) is 5.11 Å². The number of carboxylic acid groups (broad SMARTS) is 2. The monoisotopic (exact) mass is 774 g/mol. The predicted molar refractivity (Wildman–Crippen MR) is 202 cm³/mol. The minimum atomic E-state index is -1.50. The first kappa shape index (κ1) is 45.4. The van der Waals surface area contributed by atoms with Gasteiger partial charge in [-0.2, -0.15) is 0 Å². The molecule has 1 aliphatic heterocycles. The van der Waals surface area contributed by atoms with Gasteiger partial charge >= 0.3 is 11.9 Å². The molecule has 6 amide bonds. The van der Waals surface area contributed by atoms with Gasteiger partial charge in [-0.05, 0) is 24.9 Å². The Kier molecular flexibility index (Phi) is 16.9. The molecule has 0 aromatic heterocycles. The molecule has 17 heteroatoms. The van der Waals surface area contributed by atoms with Gasteiger partial charge in [0.15, 0.2) is 0 Å². The molecule has 2 unspecified atom stereocenters. The number of rotatable bonds is 20. The van der Waals surface area contributed by atoms with Crippen molar-refractivity contribution in [3.8, 4) is 0 Å². The Morgan fingerprint density at radius 3 is 2.15 bits per heavy atom. The average Bonchev–Trinajstić information content (AvgIpc) is 3.35. The lowest BCUT2D eigenvalue weighted by molar-refractivity contribution is -0.140. The van der Waals surface area contributed by atoms with Crippen LogP contribution in [-0.4, -0.2) is 130 Å². The lowest BCUT2D eigenvalue weighted by atomic mass is 9.76. The van der Waals surface area contributed by atoms with Crippen molar-refractivity contribution in [3.63, 3.8) is 0 Å². The van der Waals surface area contributed by atoms with Gasteiger partial charge < -0.3 is 36.4 Å². The summed E-state index contributed by atoms with van der Waals surface area (Å²) in [4.78, 5) is 103. The highest BCUT2D eigenvalue weighted by atomic mass is 32.2. The van der Waals surface area contributed by atoms with Crippen LogP contribution in [0.3, 0.4) is 0 Å². The van der Waals surface area contributed by atoms with Gasteiger partial charge in [-0.3, -0.25) is 43.3 Å². The van der Waals surface area contributed by atoms with Gasteiger partial charge in [0, 0.05) is 49.8 Å². The lowest BCUT2D eigenvalue weighted by Gasteiger charge is -2.38. The molecule has 1 heterocycles. The molecule has 0 aliphatic carbocycles. The second kappa shape index (κ2) is 20.1. The number of carbonyl (C=O) groups is 8. The predicted octanol–water partition coefficient (Wildman–Crippen LogP) is 0.899. The average molecular weight is 775 g/mol. The summed E-state index contributed by atoms with van der Waals surface area (Å²) in [7, 11) is 3.20. The number of imide groups is 1. The van der Waals surface area contributed by atoms with E-state index in [2.05, 4.69) is 21.3 Å². The molecular weight excluding hydrogens is 721 g/mol. The van der Waals surface area contributed by atoms with E-state index in [9.17, 15) is 43.5 Å². The topological polar surface area (TPSA) is 232 Å². The molecule has 0 radical (unpaired) electrons. The van der Waals surface area contributed by atoms with Crippen LogP contribution < -0.4 is 21.3 Å². The van der Waals surface area contributed by atoms with Crippen molar-refractivity contribution in [1.29, 1.82) is 0 Å². The fraction of sp³-hybridized carbons (Fsp3) is 0.568. The lowest BCUT2D eigenvalue weighted by Crippen LogP contribution is -2.60. The number of likely N-dealkylation sites (N-methyl/N-ethyl adjacent to an activating group) is 2. The maximum Gasteiger partial charge on any atom is 0.305 e. The smallest absolute Gasteiger partial charge is 0.305 e. The van der Waals surface area contributed by atoms with Crippen LogP contribution in [0.4, 0.5) is 0 Å². The molecule has 6 N–H and O–H groups in total. The van der Waals surface area contributed by atoms with E-state index in [0.29, 0.717) is 0 Å². The summed E-state index contributed by atoms with van der Waals surface area (Å²) in [6.07, 6.45) is 0.419. The Bertz CT molecular complexity index is 1590. The first-order chi connectivity index (χ1) is 25.1. The maximum atomic E-state index is 13.7. The van der Waals surface area contributed by atoms with Gasteiger partial charge in [-0.1, -0.05) is 71.0 Å². The van der Waals surface area contributed by atoms with Crippen molar-refractivity contribution in [3.05, 3.63) is 47.5 Å². The normalized spacial score (nSPS) is 16.6. The molecule has 0 spiro atoms. The molecule has 2 rings (SSSR count). The third-order valence-corrected chi connectivity index (χ3v) is 10.3. The summed E-state index contributed by atoms with van der Waals surface area (Å²) in [5, 5.41) is 28.3.